The molecule has 0 aliphatic rings. The lowest BCUT2D eigenvalue weighted by molar-refractivity contribution is 0.328. The Kier molecular flexibility index (Phi) is 14.2. The van der Waals surface area contributed by atoms with Crippen LogP contribution in [0.2, 0.25) is 0 Å². The van der Waals surface area contributed by atoms with Gasteiger partial charge in [-0.15, -0.1) is 0 Å². The largest absolute Gasteiger partial charge is 0.471 e. The molecule has 0 aliphatic carbocycles. The number of rotatable bonds is 7. The normalized spacial score (nSPS) is 9.69. The molecule has 0 saturated heterocycles. The SMILES string of the molecule is CCOC(=S)NSSSSSSS. The quantitative estimate of drug-likeness (QED) is 0.227. The summed E-state index contributed by atoms with van der Waals surface area (Å²) in [7, 11) is 9.40. The first-order chi connectivity index (χ1) is 6.31. The molecule has 0 bridgehead atoms. The highest BCUT2D eigenvalue weighted by Gasteiger charge is 1.96. The van der Waals surface area contributed by atoms with Gasteiger partial charge < -0.3 is 4.74 Å². The molecular weight excluding hydrogens is 323 g/mol. The number of ether oxygens (including phenoxy) is 1. The Bertz CT molecular complexity index is 133. The second-order valence-corrected chi connectivity index (χ2v) is 11.5. The fourth-order valence-electron chi connectivity index (χ4n) is 0.261. The van der Waals surface area contributed by atoms with Gasteiger partial charge in [-0.25, -0.2) is 0 Å². The van der Waals surface area contributed by atoms with Gasteiger partial charge in [-0.2, -0.15) is 0 Å². The molecule has 13 heavy (non-hydrogen) atoms. The maximum atomic E-state index is 5.02. The highest BCUT2D eigenvalue weighted by Crippen LogP contribution is 2.52. The van der Waals surface area contributed by atoms with E-state index in [1.165, 1.54) is 20.8 Å². The van der Waals surface area contributed by atoms with Crippen molar-refractivity contribution in [2.75, 3.05) is 6.61 Å². The van der Waals surface area contributed by atoms with E-state index in [4.69, 9.17) is 17.0 Å². The molecule has 1 N–H and O–H groups in total. The highest BCUT2D eigenvalue weighted by molar-refractivity contribution is 9.45. The predicted molar refractivity (Wildman–Crippen MR) is 81.9 cm³/mol. The summed E-state index contributed by atoms with van der Waals surface area (Å²) in [5, 5.41) is 0.432. The summed E-state index contributed by atoms with van der Waals surface area (Å²) >= 11 is 8.83. The van der Waals surface area contributed by atoms with Crippen LogP contribution in [-0.2, 0) is 4.74 Å². The van der Waals surface area contributed by atoms with Crippen LogP contribution in [0.4, 0.5) is 0 Å². The highest BCUT2D eigenvalue weighted by atomic mass is 33.9. The summed E-state index contributed by atoms with van der Waals surface area (Å²) in [6.07, 6.45) is 0. The molecule has 0 spiro atoms. The van der Waals surface area contributed by atoms with E-state index in [2.05, 4.69) is 16.4 Å². The average molecular weight is 330 g/mol. The number of nitrogens with one attached hydrogen (secondary N) is 1. The zero-order valence-electron chi connectivity index (χ0n) is 6.42. The standard InChI is InChI=1S/C3H7NOS8/c1-2-5-3(6)4-8-10-12-13-11-9-7/h7H,2H2,1H3,(H,4,6). The summed E-state index contributed by atoms with van der Waals surface area (Å²) in [6, 6.07) is 0. The second kappa shape index (κ2) is 12.2. The van der Waals surface area contributed by atoms with E-state index in [0.717, 1.165) is 0 Å². The molecule has 0 rings (SSSR count). The summed E-state index contributed by atoms with van der Waals surface area (Å²) in [4.78, 5) is 0. The maximum absolute atomic E-state index is 5.02. The smallest absolute Gasteiger partial charge is 0.267 e. The summed E-state index contributed by atoms with van der Waals surface area (Å²) in [6.45, 7) is 2.50. The third-order valence-corrected chi connectivity index (χ3v) is 11.4. The maximum Gasteiger partial charge on any atom is 0.267 e. The van der Waals surface area contributed by atoms with Crippen molar-refractivity contribution in [3.63, 3.8) is 0 Å². The van der Waals surface area contributed by atoms with Crippen LogP contribution in [0.5, 0.6) is 0 Å². The Balaban J connectivity index is 3.02. The minimum atomic E-state index is 0.432. The first-order valence-corrected chi connectivity index (χ1v) is 11.8. The molecule has 0 aliphatic heterocycles. The van der Waals surface area contributed by atoms with Crippen molar-refractivity contribution in [3.8, 4) is 0 Å². The molecular formula is C3H7NOS8. The minimum Gasteiger partial charge on any atom is -0.471 e. The molecule has 10 heteroatoms. The van der Waals surface area contributed by atoms with Crippen molar-refractivity contribution >= 4 is 89.2 Å². The van der Waals surface area contributed by atoms with Crippen molar-refractivity contribution in [1.82, 2.24) is 4.72 Å². The van der Waals surface area contributed by atoms with E-state index in [1.54, 1.807) is 39.3 Å². The van der Waals surface area contributed by atoms with Gasteiger partial charge in [-0.3, -0.25) is 4.72 Å². The van der Waals surface area contributed by atoms with Crippen LogP contribution in [0.15, 0.2) is 0 Å². The molecule has 0 aromatic rings. The predicted octanol–water partition coefficient (Wildman–Crippen LogP) is 4.63. The van der Waals surface area contributed by atoms with Crippen LogP contribution >= 0.6 is 84.0 Å². The second-order valence-electron chi connectivity index (χ2n) is 1.25. The van der Waals surface area contributed by atoms with E-state index in [-0.39, 0.29) is 0 Å². The Labute approximate surface area is 111 Å². The molecule has 78 valence electrons. The molecule has 0 aromatic heterocycles. The molecule has 0 saturated carbocycles. The first kappa shape index (κ1) is 15.1. The van der Waals surface area contributed by atoms with E-state index in [9.17, 15) is 0 Å². The fourth-order valence-corrected chi connectivity index (χ4v) is 11.1. The van der Waals surface area contributed by atoms with Crippen LogP contribution in [0.3, 0.4) is 0 Å². The number of hydrogen-bond donors (Lipinski definition) is 2. The third-order valence-electron chi connectivity index (χ3n) is 0.548. The lowest BCUT2D eigenvalue weighted by Gasteiger charge is -2.04. The van der Waals surface area contributed by atoms with Gasteiger partial charge in [0.05, 0.1) is 6.61 Å². The van der Waals surface area contributed by atoms with Gasteiger partial charge in [0.2, 0.25) is 0 Å². The summed E-state index contributed by atoms with van der Waals surface area (Å²) in [5.41, 5.74) is 0. The van der Waals surface area contributed by atoms with Gasteiger partial charge >= 0.3 is 0 Å². The molecule has 0 aromatic carbocycles. The first-order valence-electron chi connectivity index (χ1n) is 2.87. The van der Waals surface area contributed by atoms with Gasteiger partial charge in [-0.1, -0.05) is 11.7 Å². The van der Waals surface area contributed by atoms with Gasteiger partial charge in [0, 0.05) is 30.6 Å². The van der Waals surface area contributed by atoms with Crippen LogP contribution in [-0.4, -0.2) is 11.8 Å². The minimum absolute atomic E-state index is 0.432. The van der Waals surface area contributed by atoms with Gasteiger partial charge in [-0.05, 0) is 48.6 Å². The zero-order chi connectivity index (χ0) is 9.94. The lowest BCUT2D eigenvalue weighted by Crippen LogP contribution is -2.15. The molecule has 0 atom stereocenters. The van der Waals surface area contributed by atoms with Crippen LogP contribution in [0.25, 0.3) is 0 Å². The molecule has 0 amide bonds. The van der Waals surface area contributed by atoms with E-state index >= 15 is 0 Å². The average Bonchev–Trinajstić information content (AvgIpc) is 2.11. The number of thiol groups is 1. The Morgan fingerprint density at radius 2 is 2.08 bits per heavy atom. The van der Waals surface area contributed by atoms with Crippen LogP contribution in [0, 0.1) is 0 Å². The number of thiocarbonyl (C=S) groups is 1. The van der Waals surface area contributed by atoms with Crippen molar-refractivity contribution in [2.24, 2.45) is 0 Å². The third kappa shape index (κ3) is 12.1. The summed E-state index contributed by atoms with van der Waals surface area (Å²) in [5.74, 6) is 0. The van der Waals surface area contributed by atoms with Crippen molar-refractivity contribution in [1.29, 1.82) is 0 Å². The molecule has 2 nitrogen and oxygen atoms in total. The fraction of sp³-hybridized carbons (Fsp3) is 0.667. The van der Waals surface area contributed by atoms with Crippen molar-refractivity contribution in [2.45, 2.75) is 6.92 Å². The van der Waals surface area contributed by atoms with Crippen LogP contribution in [0.1, 0.15) is 6.92 Å². The Morgan fingerprint density at radius 1 is 1.38 bits per heavy atom. The number of hydrogen-bond acceptors (Lipinski definition) is 9. The molecule has 0 fully saturated rings. The van der Waals surface area contributed by atoms with Gasteiger partial charge in [0.15, 0.2) is 0 Å². The van der Waals surface area contributed by atoms with Crippen molar-refractivity contribution < 1.29 is 4.74 Å². The topological polar surface area (TPSA) is 21.3 Å². The molecule has 0 unspecified atom stereocenters. The summed E-state index contributed by atoms with van der Waals surface area (Å²) < 4.78 is 7.90. The van der Waals surface area contributed by atoms with Gasteiger partial charge in [0.25, 0.3) is 5.17 Å². The van der Waals surface area contributed by atoms with Crippen molar-refractivity contribution in [3.05, 3.63) is 0 Å². The van der Waals surface area contributed by atoms with E-state index in [1.807, 2.05) is 6.92 Å². The van der Waals surface area contributed by atoms with Gasteiger partial charge in [0.1, 0.15) is 0 Å². The van der Waals surface area contributed by atoms with E-state index < -0.39 is 0 Å². The zero-order valence-corrected chi connectivity index (χ0v) is 13.0. The van der Waals surface area contributed by atoms with E-state index in [0.29, 0.717) is 11.8 Å². The Morgan fingerprint density at radius 3 is 2.69 bits per heavy atom. The molecule has 0 radical (unpaired) electrons. The van der Waals surface area contributed by atoms with Crippen LogP contribution < -0.4 is 4.72 Å². The Hall–Kier alpha value is 2.14. The lowest BCUT2D eigenvalue weighted by atomic mass is 10.9. The monoisotopic (exact) mass is 329 g/mol. The molecule has 0 heterocycles.